The number of amides is 2. The van der Waals surface area contributed by atoms with Crippen molar-refractivity contribution in [3.63, 3.8) is 0 Å². The molecule has 24 heavy (non-hydrogen) atoms. The number of rotatable bonds is 2. The van der Waals surface area contributed by atoms with E-state index in [0.29, 0.717) is 11.6 Å². The molecule has 0 radical (unpaired) electrons. The molecule has 0 saturated carbocycles. The van der Waals surface area contributed by atoms with Crippen molar-refractivity contribution in [2.45, 2.75) is 31.7 Å². The third-order valence-electron chi connectivity index (χ3n) is 4.13. The molecular formula is C16H19ClFN4O2+. The van der Waals surface area contributed by atoms with E-state index in [1.807, 2.05) is 0 Å². The Morgan fingerprint density at radius 3 is 2.75 bits per heavy atom. The van der Waals surface area contributed by atoms with Gasteiger partial charge in [-0.1, -0.05) is 11.6 Å². The van der Waals surface area contributed by atoms with Crippen LogP contribution < -0.4 is 16.0 Å². The lowest BCUT2D eigenvalue weighted by molar-refractivity contribution is -0.541. The Labute approximate surface area is 144 Å². The van der Waals surface area contributed by atoms with Crippen LogP contribution in [0.2, 0.25) is 5.02 Å². The van der Waals surface area contributed by atoms with Gasteiger partial charge >= 0.3 is 5.96 Å². The van der Waals surface area contributed by atoms with Gasteiger partial charge in [-0.05, 0) is 37.5 Å². The molecule has 3 rings (SSSR count). The maximum absolute atomic E-state index is 13.2. The lowest BCUT2D eigenvalue weighted by atomic mass is 10.1. The molecule has 0 bridgehead atoms. The number of nitrogens with one attached hydrogen (secondary N) is 3. The minimum atomic E-state index is -0.681. The van der Waals surface area contributed by atoms with Crippen molar-refractivity contribution in [3.8, 4) is 0 Å². The van der Waals surface area contributed by atoms with E-state index in [1.54, 1.807) is 0 Å². The molecule has 8 heteroatoms. The number of halogens is 2. The summed E-state index contributed by atoms with van der Waals surface area (Å²) >= 11 is 5.71. The quantitative estimate of drug-likeness (QED) is 0.705. The Hall–Kier alpha value is -2.15. The zero-order chi connectivity index (χ0) is 17.1. The maximum Gasteiger partial charge on any atom is 0.353 e. The van der Waals surface area contributed by atoms with Gasteiger partial charge in [0.05, 0.1) is 24.5 Å². The minimum Gasteiger partial charge on any atom is -0.323 e. The SMILES string of the molecule is O=C1CC(C(=O)Nc2ccc(F)c(Cl)c2)NC(=[N+]2CCCCC2)N1. The first-order valence-corrected chi connectivity index (χ1v) is 8.35. The smallest absolute Gasteiger partial charge is 0.323 e. The fourth-order valence-electron chi connectivity index (χ4n) is 2.87. The van der Waals surface area contributed by atoms with Gasteiger partial charge in [0, 0.05) is 5.69 Å². The monoisotopic (exact) mass is 353 g/mol. The highest BCUT2D eigenvalue weighted by Gasteiger charge is 2.35. The van der Waals surface area contributed by atoms with Crippen LogP contribution in [0.25, 0.3) is 0 Å². The number of hydrogen-bond acceptors (Lipinski definition) is 2. The van der Waals surface area contributed by atoms with Gasteiger partial charge < -0.3 is 5.32 Å². The number of carbonyl (C=O) groups excluding carboxylic acids is 2. The first-order valence-electron chi connectivity index (χ1n) is 7.97. The van der Waals surface area contributed by atoms with Crippen molar-refractivity contribution in [1.82, 2.24) is 10.6 Å². The van der Waals surface area contributed by atoms with E-state index >= 15 is 0 Å². The topological polar surface area (TPSA) is 73.2 Å². The van der Waals surface area contributed by atoms with Crippen LogP contribution in [0.4, 0.5) is 10.1 Å². The van der Waals surface area contributed by atoms with Crippen LogP contribution in [0.1, 0.15) is 25.7 Å². The predicted octanol–water partition coefficient (Wildman–Crippen LogP) is 1.45. The summed E-state index contributed by atoms with van der Waals surface area (Å²) in [6.07, 6.45) is 3.34. The molecule has 2 saturated heterocycles. The second-order valence-corrected chi connectivity index (χ2v) is 6.37. The molecule has 128 valence electrons. The number of hydrogen-bond donors (Lipinski definition) is 3. The Balaban J connectivity index is 1.71. The van der Waals surface area contributed by atoms with Gasteiger partial charge in [-0.3, -0.25) is 19.5 Å². The van der Waals surface area contributed by atoms with Gasteiger partial charge in [0.2, 0.25) is 0 Å². The summed E-state index contributed by atoms with van der Waals surface area (Å²) < 4.78 is 15.2. The average molecular weight is 354 g/mol. The highest BCUT2D eigenvalue weighted by Crippen LogP contribution is 2.19. The highest BCUT2D eigenvalue weighted by atomic mass is 35.5. The minimum absolute atomic E-state index is 0.0398. The van der Waals surface area contributed by atoms with Gasteiger partial charge in [0.15, 0.2) is 6.04 Å². The number of benzene rings is 1. The third-order valence-corrected chi connectivity index (χ3v) is 4.42. The Bertz CT molecular complexity index is 699. The summed E-state index contributed by atoms with van der Waals surface area (Å²) in [5, 5.41) is 8.48. The van der Waals surface area contributed by atoms with E-state index < -0.39 is 11.9 Å². The molecule has 1 aromatic rings. The summed E-state index contributed by atoms with van der Waals surface area (Å²) in [6.45, 7) is 1.70. The fourth-order valence-corrected chi connectivity index (χ4v) is 3.05. The molecule has 6 nitrogen and oxygen atoms in total. The van der Waals surface area contributed by atoms with Gasteiger partial charge in [-0.2, -0.15) is 0 Å². The van der Waals surface area contributed by atoms with E-state index in [4.69, 9.17) is 11.6 Å². The van der Waals surface area contributed by atoms with Crippen molar-refractivity contribution in [3.05, 3.63) is 29.0 Å². The largest absolute Gasteiger partial charge is 0.353 e. The first-order chi connectivity index (χ1) is 11.5. The normalized spacial score (nSPS) is 21.1. The van der Waals surface area contributed by atoms with E-state index in [-0.39, 0.29) is 23.3 Å². The lowest BCUT2D eigenvalue weighted by Gasteiger charge is -2.24. The van der Waals surface area contributed by atoms with E-state index in [9.17, 15) is 14.0 Å². The number of anilines is 1. The summed E-state index contributed by atoms with van der Waals surface area (Å²) in [4.78, 5) is 24.3. The number of guanidine groups is 1. The number of piperidine rings is 1. The second-order valence-electron chi connectivity index (χ2n) is 5.96. The fraction of sp³-hybridized carbons (Fsp3) is 0.438. The van der Waals surface area contributed by atoms with Gasteiger partial charge in [0.1, 0.15) is 5.82 Å². The van der Waals surface area contributed by atoms with Crippen LogP contribution in [0.15, 0.2) is 18.2 Å². The van der Waals surface area contributed by atoms with E-state index in [2.05, 4.69) is 20.5 Å². The first kappa shape index (κ1) is 16.7. The Morgan fingerprint density at radius 1 is 1.29 bits per heavy atom. The zero-order valence-electron chi connectivity index (χ0n) is 13.1. The van der Waals surface area contributed by atoms with Crippen LogP contribution >= 0.6 is 11.6 Å². The summed E-state index contributed by atoms with van der Waals surface area (Å²) in [7, 11) is 0. The molecule has 3 N–H and O–H groups in total. The average Bonchev–Trinajstić information content (AvgIpc) is 2.58. The molecule has 2 aliphatic heterocycles. The van der Waals surface area contributed by atoms with Crippen molar-refractivity contribution >= 4 is 35.1 Å². The van der Waals surface area contributed by atoms with Crippen molar-refractivity contribution in [2.24, 2.45) is 0 Å². The molecule has 2 aliphatic rings. The number of carbonyl (C=O) groups is 2. The van der Waals surface area contributed by atoms with Crippen molar-refractivity contribution in [1.29, 1.82) is 0 Å². The molecule has 1 atom stereocenters. The van der Waals surface area contributed by atoms with Gasteiger partial charge in [0.25, 0.3) is 11.8 Å². The zero-order valence-corrected chi connectivity index (χ0v) is 13.8. The molecule has 0 aromatic heterocycles. The van der Waals surface area contributed by atoms with Crippen LogP contribution in [0.3, 0.4) is 0 Å². The van der Waals surface area contributed by atoms with Crippen molar-refractivity contribution < 1.29 is 18.6 Å². The predicted molar refractivity (Wildman–Crippen MR) is 88.6 cm³/mol. The van der Waals surface area contributed by atoms with Gasteiger partial charge in [-0.15, -0.1) is 0 Å². The maximum atomic E-state index is 13.2. The van der Waals surface area contributed by atoms with E-state index in [1.165, 1.54) is 24.6 Å². The molecule has 2 fully saturated rings. The molecular weight excluding hydrogens is 335 g/mol. The van der Waals surface area contributed by atoms with Crippen LogP contribution in [-0.2, 0) is 9.59 Å². The molecule has 2 heterocycles. The van der Waals surface area contributed by atoms with Crippen molar-refractivity contribution in [2.75, 3.05) is 18.4 Å². The van der Waals surface area contributed by atoms with Crippen LogP contribution in [-0.4, -0.2) is 41.5 Å². The second kappa shape index (κ2) is 7.17. The molecule has 0 spiro atoms. The van der Waals surface area contributed by atoms with E-state index in [0.717, 1.165) is 25.9 Å². The summed E-state index contributed by atoms with van der Waals surface area (Å²) in [5.41, 5.74) is 0.388. The summed E-state index contributed by atoms with van der Waals surface area (Å²) in [6, 6.07) is 3.27. The van der Waals surface area contributed by atoms with Crippen LogP contribution in [0, 0.1) is 5.82 Å². The standard InChI is InChI=1S/C16H18ClFN4O2/c17-11-8-10(4-5-12(11)18)19-15(24)13-9-14(23)21-16(20-13)22-6-2-1-3-7-22/h4-5,8,13H,1-3,6-7,9H2,(H2,19,20,21,23,24)/p+1. The molecule has 2 amide bonds. The Morgan fingerprint density at radius 2 is 2.04 bits per heavy atom. The Kier molecular flexibility index (Phi) is 4.99. The molecule has 1 unspecified atom stereocenters. The van der Waals surface area contributed by atoms with Crippen LogP contribution in [0.5, 0.6) is 0 Å². The lowest BCUT2D eigenvalue weighted by Crippen LogP contribution is -2.60. The molecule has 0 aliphatic carbocycles. The number of nitrogens with zero attached hydrogens (tertiary/aromatic N) is 1. The summed E-state index contributed by atoms with van der Waals surface area (Å²) in [5.74, 6) is -0.526. The third kappa shape index (κ3) is 3.84. The molecule has 1 aromatic carbocycles. The van der Waals surface area contributed by atoms with Gasteiger partial charge in [-0.25, -0.2) is 9.71 Å². The highest BCUT2D eigenvalue weighted by molar-refractivity contribution is 6.31.